The molecule has 5 atom stereocenters. The molecule has 3 aliphatic heterocycles. The van der Waals surface area contributed by atoms with Crippen LogP contribution in [-0.2, 0) is 19.1 Å². The first-order valence-electron chi connectivity index (χ1n) is 12.3. The van der Waals surface area contributed by atoms with Crippen LogP contribution in [0.5, 0.6) is 0 Å². The number of carbonyl (C=O) groups is 4. The van der Waals surface area contributed by atoms with Crippen molar-refractivity contribution in [1.82, 2.24) is 25.4 Å². The van der Waals surface area contributed by atoms with Crippen LogP contribution in [0.3, 0.4) is 0 Å². The molecule has 3 N–H and O–H groups in total. The number of hydrogen-bond acceptors (Lipinski definition) is 8. The summed E-state index contributed by atoms with van der Waals surface area (Å²) >= 11 is 0. The van der Waals surface area contributed by atoms with Crippen molar-refractivity contribution >= 4 is 34.5 Å². The van der Waals surface area contributed by atoms with Gasteiger partial charge in [-0.15, -0.1) is 0 Å². The molecular weight excluding hydrogens is 478 g/mol. The molecule has 1 aromatic carbocycles. The predicted molar refractivity (Wildman–Crippen MR) is 132 cm³/mol. The molecular formula is C26H29N5O6. The smallest absolute Gasteiger partial charge is 0.310 e. The molecule has 3 aliphatic rings. The molecule has 37 heavy (non-hydrogen) atoms. The standard InChI is InChI=1S/C26H29N5O6/c1-30-13-16-7-3-5-9-18(28-24(34)22-17-8-4-2-6-15(17)10-11-27-22)25(35)31(16)20(14-30)23(33)29-19-12-21(32)37-26(19)36/h2-6,8,10-11,16,18-20,26,36H,7,9,12-14H2,1H3,(H,28,34)(H,29,33)/t16-,18-,19?,20-,26?/m0/s1. The normalized spacial score (nSPS) is 28.3. The number of amides is 3. The fourth-order valence-corrected chi connectivity index (χ4v) is 5.25. The molecule has 11 nitrogen and oxygen atoms in total. The van der Waals surface area contributed by atoms with Gasteiger partial charge in [0.2, 0.25) is 18.1 Å². The first kappa shape index (κ1) is 24.8. The van der Waals surface area contributed by atoms with Gasteiger partial charge in [-0.2, -0.15) is 0 Å². The monoisotopic (exact) mass is 507 g/mol. The minimum atomic E-state index is -1.43. The number of nitrogens with zero attached hydrogens (tertiary/aromatic N) is 3. The van der Waals surface area contributed by atoms with Gasteiger partial charge in [-0.25, -0.2) is 0 Å². The van der Waals surface area contributed by atoms with E-state index in [0.717, 1.165) is 5.39 Å². The number of fused-ring (bicyclic) bond motifs is 2. The summed E-state index contributed by atoms with van der Waals surface area (Å²) in [4.78, 5) is 59.7. The Balaban J connectivity index is 1.39. The van der Waals surface area contributed by atoms with Crippen LogP contribution < -0.4 is 10.6 Å². The van der Waals surface area contributed by atoms with E-state index in [2.05, 4.69) is 15.6 Å². The Hall–Kier alpha value is -3.83. The molecule has 0 saturated carbocycles. The number of piperazine rings is 1. The number of hydrogen-bond donors (Lipinski definition) is 3. The molecule has 3 amide bonds. The average Bonchev–Trinajstić information content (AvgIpc) is 3.19. The average molecular weight is 508 g/mol. The Morgan fingerprint density at radius 2 is 1.86 bits per heavy atom. The first-order chi connectivity index (χ1) is 17.8. The number of rotatable bonds is 4. The van der Waals surface area contributed by atoms with E-state index in [1.165, 1.54) is 0 Å². The molecule has 194 valence electrons. The Labute approximate surface area is 213 Å². The number of aliphatic hydroxyl groups excluding tert-OH is 1. The van der Waals surface area contributed by atoms with Crippen LogP contribution in [0, 0.1) is 0 Å². The SMILES string of the molecule is CN1C[C@@H]2CC=CC[C@H](NC(=O)c3nccc4ccccc34)C(=O)N2[C@H](C(=O)NC2CC(=O)OC2O)C1. The highest BCUT2D eigenvalue weighted by Gasteiger charge is 2.44. The predicted octanol–water partition coefficient (Wildman–Crippen LogP) is -0.0555. The van der Waals surface area contributed by atoms with E-state index in [1.807, 2.05) is 48.4 Å². The third-order valence-electron chi connectivity index (χ3n) is 7.04. The summed E-state index contributed by atoms with van der Waals surface area (Å²) in [5, 5.41) is 17.0. The van der Waals surface area contributed by atoms with E-state index < -0.39 is 42.2 Å². The van der Waals surface area contributed by atoms with Gasteiger partial charge in [0.15, 0.2) is 0 Å². The van der Waals surface area contributed by atoms with Crippen LogP contribution >= 0.6 is 0 Å². The van der Waals surface area contributed by atoms with Crippen LogP contribution in [0.15, 0.2) is 48.7 Å². The van der Waals surface area contributed by atoms with Crippen LogP contribution in [0.1, 0.15) is 29.8 Å². The van der Waals surface area contributed by atoms with Crippen molar-refractivity contribution in [2.75, 3.05) is 20.1 Å². The molecule has 0 bridgehead atoms. The number of pyridine rings is 1. The molecule has 0 aliphatic carbocycles. The number of aliphatic hydroxyl groups is 1. The van der Waals surface area contributed by atoms with Gasteiger partial charge in [0, 0.05) is 30.7 Å². The highest BCUT2D eigenvalue weighted by molar-refractivity contribution is 6.06. The van der Waals surface area contributed by atoms with Gasteiger partial charge >= 0.3 is 5.97 Å². The van der Waals surface area contributed by atoms with Crippen molar-refractivity contribution in [3.63, 3.8) is 0 Å². The van der Waals surface area contributed by atoms with Crippen LogP contribution in [-0.4, -0.2) is 94.2 Å². The van der Waals surface area contributed by atoms with E-state index in [1.54, 1.807) is 17.2 Å². The van der Waals surface area contributed by atoms with Crippen molar-refractivity contribution in [2.45, 2.75) is 49.7 Å². The van der Waals surface area contributed by atoms with Crippen molar-refractivity contribution < 1.29 is 29.0 Å². The van der Waals surface area contributed by atoms with E-state index in [-0.39, 0.29) is 37.0 Å². The lowest BCUT2D eigenvalue weighted by Crippen LogP contribution is -2.67. The largest absolute Gasteiger partial charge is 0.434 e. The summed E-state index contributed by atoms with van der Waals surface area (Å²) in [6, 6.07) is 6.25. The number of ether oxygens (including phenoxy) is 1. The molecule has 2 unspecified atom stereocenters. The lowest BCUT2D eigenvalue weighted by molar-refractivity contribution is -0.156. The molecule has 5 rings (SSSR count). The van der Waals surface area contributed by atoms with Crippen molar-refractivity contribution in [3.05, 3.63) is 54.4 Å². The summed E-state index contributed by atoms with van der Waals surface area (Å²) in [5.74, 6) is -1.93. The molecule has 0 radical (unpaired) electrons. The minimum absolute atomic E-state index is 0.147. The highest BCUT2D eigenvalue weighted by atomic mass is 16.6. The third-order valence-corrected chi connectivity index (χ3v) is 7.04. The summed E-state index contributed by atoms with van der Waals surface area (Å²) in [6.07, 6.45) is 4.64. The zero-order chi connectivity index (χ0) is 26.1. The molecule has 1 aromatic heterocycles. The minimum Gasteiger partial charge on any atom is -0.434 e. The van der Waals surface area contributed by atoms with Crippen LogP contribution in [0.25, 0.3) is 10.8 Å². The molecule has 2 fully saturated rings. The van der Waals surface area contributed by atoms with E-state index in [0.29, 0.717) is 18.4 Å². The lowest BCUT2D eigenvalue weighted by Gasteiger charge is -2.46. The number of esters is 1. The third kappa shape index (κ3) is 5.05. The van der Waals surface area contributed by atoms with Crippen molar-refractivity contribution in [3.8, 4) is 0 Å². The fourth-order valence-electron chi connectivity index (χ4n) is 5.25. The maximum Gasteiger partial charge on any atom is 0.310 e. The zero-order valence-corrected chi connectivity index (χ0v) is 20.4. The molecule has 2 saturated heterocycles. The second-order valence-corrected chi connectivity index (χ2v) is 9.69. The van der Waals surface area contributed by atoms with Gasteiger partial charge in [0.25, 0.3) is 5.91 Å². The van der Waals surface area contributed by atoms with Crippen molar-refractivity contribution in [2.24, 2.45) is 0 Å². The van der Waals surface area contributed by atoms with Gasteiger partial charge in [0.05, 0.1) is 6.42 Å². The second-order valence-electron chi connectivity index (χ2n) is 9.69. The van der Waals surface area contributed by atoms with Gasteiger partial charge in [-0.1, -0.05) is 36.4 Å². The van der Waals surface area contributed by atoms with Crippen LogP contribution in [0.2, 0.25) is 0 Å². The quantitative estimate of drug-likeness (QED) is 0.386. The Bertz CT molecular complexity index is 1260. The summed E-state index contributed by atoms with van der Waals surface area (Å²) in [6.45, 7) is 0.819. The number of benzene rings is 1. The summed E-state index contributed by atoms with van der Waals surface area (Å²) < 4.78 is 4.73. The van der Waals surface area contributed by atoms with Gasteiger partial charge in [-0.05, 0) is 31.3 Å². The second kappa shape index (κ2) is 10.3. The van der Waals surface area contributed by atoms with Crippen molar-refractivity contribution in [1.29, 1.82) is 0 Å². The van der Waals surface area contributed by atoms with Crippen LogP contribution in [0.4, 0.5) is 0 Å². The Kier molecular flexibility index (Phi) is 6.90. The number of nitrogens with one attached hydrogen (secondary N) is 2. The molecule has 11 heteroatoms. The van der Waals surface area contributed by atoms with Gasteiger partial charge in [0.1, 0.15) is 23.8 Å². The summed E-state index contributed by atoms with van der Waals surface area (Å²) in [7, 11) is 1.87. The van der Waals surface area contributed by atoms with Gasteiger partial charge in [-0.3, -0.25) is 24.2 Å². The fraction of sp³-hybridized carbons (Fsp3) is 0.423. The molecule has 2 aromatic rings. The van der Waals surface area contributed by atoms with E-state index in [9.17, 15) is 24.3 Å². The number of cyclic esters (lactones) is 1. The maximum absolute atomic E-state index is 13.9. The number of carbonyl (C=O) groups excluding carboxylic acids is 4. The lowest BCUT2D eigenvalue weighted by atomic mass is 9.97. The maximum atomic E-state index is 13.9. The Morgan fingerprint density at radius 3 is 2.65 bits per heavy atom. The summed E-state index contributed by atoms with van der Waals surface area (Å²) in [5.41, 5.74) is 0.223. The van der Waals surface area contributed by atoms with E-state index in [4.69, 9.17) is 4.74 Å². The first-order valence-corrected chi connectivity index (χ1v) is 12.3. The zero-order valence-electron chi connectivity index (χ0n) is 20.4. The highest BCUT2D eigenvalue weighted by Crippen LogP contribution is 2.24. The number of likely N-dealkylation sites (N-methyl/N-ethyl adjacent to an activating group) is 1. The van der Waals surface area contributed by atoms with E-state index >= 15 is 0 Å². The topological polar surface area (TPSA) is 141 Å². The molecule has 0 spiro atoms. The number of aromatic nitrogens is 1. The molecule has 4 heterocycles. The Morgan fingerprint density at radius 1 is 1.08 bits per heavy atom. The van der Waals surface area contributed by atoms with Gasteiger partial charge < -0.3 is 30.3 Å².